The van der Waals surface area contributed by atoms with E-state index in [1.165, 1.54) is 0 Å². The molecule has 1 unspecified atom stereocenters. The average molecular weight is 405 g/mol. The van der Waals surface area contributed by atoms with Gasteiger partial charge in [-0.1, -0.05) is 19.1 Å². The van der Waals surface area contributed by atoms with Gasteiger partial charge in [-0.15, -0.1) is 24.8 Å². The Morgan fingerprint density at radius 3 is 2.35 bits per heavy atom. The van der Waals surface area contributed by atoms with Crippen LogP contribution >= 0.6 is 24.8 Å². The van der Waals surface area contributed by atoms with Crippen molar-refractivity contribution in [1.82, 2.24) is 9.80 Å². The molecule has 0 saturated carbocycles. The first-order chi connectivity index (χ1) is 11.4. The molecule has 0 aliphatic carbocycles. The van der Waals surface area contributed by atoms with E-state index < -0.39 is 0 Å². The van der Waals surface area contributed by atoms with Crippen LogP contribution in [0, 0.1) is 19.8 Å². The fraction of sp³-hybridized carbons (Fsp3) is 0.556. The second kappa shape index (κ2) is 11.4. The molecule has 1 aromatic rings. The van der Waals surface area contributed by atoms with Crippen LogP contribution in [-0.2, 0) is 9.59 Å². The zero-order valence-electron chi connectivity index (χ0n) is 15.7. The van der Waals surface area contributed by atoms with Crippen LogP contribution < -0.4 is 11.1 Å². The molecule has 1 aliphatic heterocycles. The predicted molar refractivity (Wildman–Crippen MR) is 110 cm³/mol. The number of nitrogens with one attached hydrogen (secondary N) is 1. The molecule has 1 aliphatic rings. The van der Waals surface area contributed by atoms with Gasteiger partial charge in [0.2, 0.25) is 11.8 Å². The molecule has 3 N–H and O–H groups in total. The van der Waals surface area contributed by atoms with Crippen molar-refractivity contribution in [3.63, 3.8) is 0 Å². The van der Waals surface area contributed by atoms with Gasteiger partial charge >= 0.3 is 0 Å². The molecule has 1 atom stereocenters. The van der Waals surface area contributed by atoms with Gasteiger partial charge in [0.1, 0.15) is 0 Å². The molecular formula is C18H30Cl2N4O2. The fourth-order valence-corrected chi connectivity index (χ4v) is 2.82. The van der Waals surface area contributed by atoms with Crippen molar-refractivity contribution in [2.24, 2.45) is 11.7 Å². The summed E-state index contributed by atoms with van der Waals surface area (Å²) in [6, 6.07) is 5.90. The van der Waals surface area contributed by atoms with E-state index >= 15 is 0 Å². The maximum atomic E-state index is 12.3. The minimum Gasteiger partial charge on any atom is -0.340 e. The van der Waals surface area contributed by atoms with E-state index in [1.807, 2.05) is 43.9 Å². The van der Waals surface area contributed by atoms with E-state index in [0.717, 1.165) is 16.8 Å². The molecule has 6 nitrogen and oxygen atoms in total. The van der Waals surface area contributed by atoms with Crippen LogP contribution in [0.3, 0.4) is 0 Å². The Labute approximate surface area is 168 Å². The Morgan fingerprint density at radius 2 is 1.77 bits per heavy atom. The van der Waals surface area contributed by atoms with Gasteiger partial charge in [-0.25, -0.2) is 0 Å². The molecule has 0 bridgehead atoms. The topological polar surface area (TPSA) is 78.7 Å². The second-order valence-electron chi connectivity index (χ2n) is 6.53. The molecule has 1 heterocycles. The number of benzene rings is 1. The third kappa shape index (κ3) is 6.43. The van der Waals surface area contributed by atoms with Crippen molar-refractivity contribution in [3.05, 3.63) is 29.3 Å². The zero-order valence-corrected chi connectivity index (χ0v) is 17.3. The minimum atomic E-state index is -0.135. The Bertz CT molecular complexity index is 605. The number of rotatable bonds is 5. The summed E-state index contributed by atoms with van der Waals surface area (Å²) in [5.41, 5.74) is 8.68. The molecule has 0 spiro atoms. The van der Waals surface area contributed by atoms with Crippen molar-refractivity contribution in [1.29, 1.82) is 0 Å². The Morgan fingerprint density at radius 1 is 1.15 bits per heavy atom. The van der Waals surface area contributed by atoms with E-state index in [4.69, 9.17) is 5.73 Å². The number of aryl methyl sites for hydroxylation is 1. The second-order valence-corrected chi connectivity index (χ2v) is 6.53. The lowest BCUT2D eigenvalue weighted by molar-refractivity contribution is -0.136. The van der Waals surface area contributed by atoms with E-state index in [9.17, 15) is 9.59 Å². The highest BCUT2D eigenvalue weighted by Gasteiger charge is 2.25. The van der Waals surface area contributed by atoms with Crippen LogP contribution in [0.15, 0.2) is 18.2 Å². The number of nitrogens with two attached hydrogens (primary N) is 1. The van der Waals surface area contributed by atoms with Crippen molar-refractivity contribution in [3.8, 4) is 0 Å². The normalized spacial score (nSPS) is 15.5. The molecule has 2 rings (SSSR count). The Balaban J connectivity index is 0.00000312. The summed E-state index contributed by atoms with van der Waals surface area (Å²) in [5, 5.41) is 2.98. The monoisotopic (exact) mass is 404 g/mol. The Kier molecular flexibility index (Phi) is 10.8. The molecule has 1 saturated heterocycles. The fourth-order valence-electron chi connectivity index (χ4n) is 2.82. The average Bonchev–Trinajstić information content (AvgIpc) is 2.58. The minimum absolute atomic E-state index is 0. The summed E-state index contributed by atoms with van der Waals surface area (Å²) in [5.74, 6) is -0.0417. The van der Waals surface area contributed by atoms with Crippen molar-refractivity contribution < 1.29 is 9.59 Å². The molecular weight excluding hydrogens is 375 g/mol. The first-order valence-electron chi connectivity index (χ1n) is 8.49. The van der Waals surface area contributed by atoms with Crippen molar-refractivity contribution >= 4 is 42.3 Å². The van der Waals surface area contributed by atoms with Crippen LogP contribution in [0.25, 0.3) is 0 Å². The number of carbonyl (C=O) groups is 2. The van der Waals surface area contributed by atoms with Gasteiger partial charge in [-0.2, -0.15) is 0 Å². The van der Waals surface area contributed by atoms with Gasteiger partial charge in [-0.05, 0) is 31.0 Å². The first kappa shape index (κ1) is 24.7. The molecule has 0 radical (unpaired) electrons. The molecule has 2 amide bonds. The summed E-state index contributed by atoms with van der Waals surface area (Å²) in [7, 11) is 0. The number of nitrogens with zero attached hydrogens (tertiary/aromatic N) is 2. The van der Waals surface area contributed by atoms with Gasteiger partial charge in [-0.3, -0.25) is 14.5 Å². The van der Waals surface area contributed by atoms with Crippen LogP contribution in [0.2, 0.25) is 0 Å². The van der Waals surface area contributed by atoms with E-state index in [0.29, 0.717) is 39.3 Å². The third-order valence-corrected chi connectivity index (χ3v) is 4.71. The zero-order chi connectivity index (χ0) is 17.7. The number of piperazine rings is 1. The summed E-state index contributed by atoms with van der Waals surface area (Å²) < 4.78 is 0. The molecule has 0 aromatic heterocycles. The van der Waals surface area contributed by atoms with Crippen molar-refractivity contribution in [2.45, 2.75) is 20.8 Å². The predicted octanol–water partition coefficient (Wildman–Crippen LogP) is 1.82. The number of carbonyl (C=O) groups excluding carboxylic acids is 2. The largest absolute Gasteiger partial charge is 0.340 e. The molecule has 1 aromatic carbocycles. The lowest BCUT2D eigenvalue weighted by atomic mass is 10.1. The summed E-state index contributed by atoms with van der Waals surface area (Å²) >= 11 is 0. The number of anilines is 1. The Hall–Kier alpha value is -1.34. The quantitative estimate of drug-likeness (QED) is 0.784. The number of halogens is 2. The van der Waals surface area contributed by atoms with Crippen LogP contribution in [0.4, 0.5) is 5.69 Å². The molecule has 8 heteroatoms. The maximum Gasteiger partial charge on any atom is 0.238 e. The smallest absolute Gasteiger partial charge is 0.238 e. The van der Waals surface area contributed by atoms with Gasteiger partial charge in [0.25, 0.3) is 0 Å². The highest BCUT2D eigenvalue weighted by molar-refractivity contribution is 5.93. The molecule has 148 valence electrons. The summed E-state index contributed by atoms with van der Waals surface area (Å²) in [6.07, 6.45) is 0. The van der Waals surface area contributed by atoms with Gasteiger partial charge in [0.15, 0.2) is 0 Å². The highest BCUT2D eigenvalue weighted by atomic mass is 35.5. The van der Waals surface area contributed by atoms with Crippen molar-refractivity contribution in [2.75, 3.05) is 44.6 Å². The lowest BCUT2D eigenvalue weighted by Crippen LogP contribution is -2.52. The molecule has 1 fully saturated rings. The van der Waals surface area contributed by atoms with Crippen LogP contribution in [0.1, 0.15) is 18.1 Å². The van der Waals surface area contributed by atoms with Crippen LogP contribution in [-0.4, -0.2) is 60.9 Å². The maximum absolute atomic E-state index is 12.3. The summed E-state index contributed by atoms with van der Waals surface area (Å²) in [4.78, 5) is 28.3. The SMILES string of the molecule is Cc1cccc(NC(=O)CN2CCN(C(=O)C(C)CN)CC2)c1C.Cl.Cl. The van der Waals surface area contributed by atoms with E-state index in [-0.39, 0.29) is 42.5 Å². The third-order valence-electron chi connectivity index (χ3n) is 4.71. The van der Waals surface area contributed by atoms with Gasteiger partial charge in [0, 0.05) is 44.3 Å². The van der Waals surface area contributed by atoms with E-state index in [1.54, 1.807) is 0 Å². The number of amides is 2. The lowest BCUT2D eigenvalue weighted by Gasteiger charge is -2.35. The van der Waals surface area contributed by atoms with Crippen LogP contribution in [0.5, 0.6) is 0 Å². The molecule has 26 heavy (non-hydrogen) atoms. The number of hydrogen-bond donors (Lipinski definition) is 2. The first-order valence-corrected chi connectivity index (χ1v) is 8.49. The number of hydrogen-bond acceptors (Lipinski definition) is 4. The van der Waals surface area contributed by atoms with E-state index in [2.05, 4.69) is 10.2 Å². The summed E-state index contributed by atoms with van der Waals surface area (Å²) in [6.45, 7) is 9.34. The van der Waals surface area contributed by atoms with Gasteiger partial charge < -0.3 is 16.0 Å². The van der Waals surface area contributed by atoms with Gasteiger partial charge in [0.05, 0.1) is 6.54 Å². The highest BCUT2D eigenvalue weighted by Crippen LogP contribution is 2.18. The standard InChI is InChI=1S/C18H28N4O2.2ClH/c1-13-5-4-6-16(15(13)3)20-17(23)12-21-7-9-22(10-8-21)18(24)14(2)11-19;;/h4-6,14H,7-12,19H2,1-3H3,(H,20,23);2*1H.